The van der Waals surface area contributed by atoms with Gasteiger partial charge in [-0.3, -0.25) is 9.69 Å². The van der Waals surface area contributed by atoms with Crippen LogP contribution in [0, 0.1) is 13.8 Å². The van der Waals surface area contributed by atoms with Crippen molar-refractivity contribution in [2.75, 3.05) is 13.1 Å². The van der Waals surface area contributed by atoms with E-state index < -0.39 is 0 Å². The molecule has 2 aromatic carbocycles. The predicted molar refractivity (Wildman–Crippen MR) is 97.8 cm³/mol. The van der Waals surface area contributed by atoms with Gasteiger partial charge in [-0.05, 0) is 49.9 Å². The van der Waals surface area contributed by atoms with Gasteiger partial charge in [0, 0.05) is 12.6 Å². The zero-order valence-corrected chi connectivity index (χ0v) is 14.6. The van der Waals surface area contributed by atoms with E-state index in [0.717, 1.165) is 19.4 Å². The molecule has 1 amide bonds. The van der Waals surface area contributed by atoms with Gasteiger partial charge in [-0.1, -0.05) is 54.1 Å². The van der Waals surface area contributed by atoms with Crippen molar-refractivity contribution < 1.29 is 4.79 Å². The molecule has 1 saturated heterocycles. The summed E-state index contributed by atoms with van der Waals surface area (Å²) in [5.41, 5.74) is 5.02. The highest BCUT2D eigenvalue weighted by molar-refractivity contribution is 5.78. The largest absolute Gasteiger partial charge is 0.351 e. The second-order valence-corrected chi connectivity index (χ2v) is 6.75. The highest BCUT2D eigenvalue weighted by atomic mass is 16.2. The molecule has 0 radical (unpaired) electrons. The number of nitrogens with one attached hydrogen (secondary N) is 1. The van der Waals surface area contributed by atoms with Crippen molar-refractivity contribution in [2.45, 2.75) is 39.3 Å². The average molecular weight is 322 g/mol. The molecule has 1 aliphatic heterocycles. The average Bonchev–Trinajstić information content (AvgIpc) is 3.02. The first kappa shape index (κ1) is 16.7. The molecule has 126 valence electrons. The Bertz CT molecular complexity index is 710. The van der Waals surface area contributed by atoms with Crippen LogP contribution in [-0.4, -0.2) is 23.9 Å². The Morgan fingerprint density at radius 3 is 2.79 bits per heavy atom. The second kappa shape index (κ2) is 7.63. The van der Waals surface area contributed by atoms with E-state index in [1.807, 2.05) is 12.1 Å². The summed E-state index contributed by atoms with van der Waals surface area (Å²) in [5.74, 6) is 0.109. The van der Waals surface area contributed by atoms with Crippen LogP contribution in [0.4, 0.5) is 0 Å². The van der Waals surface area contributed by atoms with Crippen LogP contribution in [-0.2, 0) is 11.3 Å². The maximum atomic E-state index is 12.4. The van der Waals surface area contributed by atoms with Gasteiger partial charge in [0.15, 0.2) is 0 Å². The summed E-state index contributed by atoms with van der Waals surface area (Å²) in [6.45, 7) is 6.28. The molecular weight excluding hydrogens is 296 g/mol. The Morgan fingerprint density at radius 2 is 2.00 bits per heavy atom. The van der Waals surface area contributed by atoms with Crippen molar-refractivity contribution >= 4 is 5.91 Å². The van der Waals surface area contributed by atoms with Crippen LogP contribution in [0.15, 0.2) is 48.5 Å². The molecule has 1 heterocycles. The lowest BCUT2D eigenvalue weighted by atomic mass is 10.0. The van der Waals surface area contributed by atoms with E-state index in [2.05, 4.69) is 60.5 Å². The summed E-state index contributed by atoms with van der Waals surface area (Å²) in [4.78, 5) is 14.7. The maximum absolute atomic E-state index is 12.4. The number of likely N-dealkylation sites (tertiary alicyclic amines) is 1. The quantitative estimate of drug-likeness (QED) is 0.909. The lowest BCUT2D eigenvalue weighted by molar-refractivity contribution is -0.122. The Kier molecular flexibility index (Phi) is 5.31. The molecule has 3 heteroatoms. The van der Waals surface area contributed by atoms with Crippen LogP contribution < -0.4 is 5.32 Å². The first-order chi connectivity index (χ1) is 11.6. The number of hydrogen-bond acceptors (Lipinski definition) is 2. The van der Waals surface area contributed by atoms with E-state index in [1.165, 1.54) is 22.3 Å². The number of aryl methyl sites for hydroxylation is 2. The fraction of sp³-hybridized carbons (Fsp3) is 0.381. The molecule has 3 rings (SSSR count). The first-order valence-electron chi connectivity index (χ1n) is 8.75. The number of amides is 1. The van der Waals surface area contributed by atoms with Gasteiger partial charge in [-0.25, -0.2) is 0 Å². The molecule has 1 fully saturated rings. The number of carbonyl (C=O) groups excluding carboxylic acids is 1. The highest BCUT2D eigenvalue weighted by Crippen LogP contribution is 2.31. The van der Waals surface area contributed by atoms with Crippen LogP contribution >= 0.6 is 0 Å². The Morgan fingerprint density at radius 1 is 1.17 bits per heavy atom. The first-order valence-corrected chi connectivity index (χ1v) is 8.75. The summed E-state index contributed by atoms with van der Waals surface area (Å²) in [6, 6.07) is 17.2. The van der Waals surface area contributed by atoms with Crippen LogP contribution in [0.3, 0.4) is 0 Å². The van der Waals surface area contributed by atoms with E-state index in [0.29, 0.717) is 19.1 Å². The van der Waals surface area contributed by atoms with Gasteiger partial charge >= 0.3 is 0 Å². The topological polar surface area (TPSA) is 32.3 Å². The second-order valence-electron chi connectivity index (χ2n) is 6.75. The summed E-state index contributed by atoms with van der Waals surface area (Å²) < 4.78 is 0. The molecule has 1 N–H and O–H groups in total. The fourth-order valence-electron chi connectivity index (χ4n) is 3.51. The van der Waals surface area contributed by atoms with Crippen molar-refractivity contribution in [2.24, 2.45) is 0 Å². The SMILES string of the molecule is Cc1cccc(C2CCCN2CC(=O)NCc2ccccc2C)c1. The van der Waals surface area contributed by atoms with Gasteiger partial charge in [0.25, 0.3) is 0 Å². The molecule has 0 bridgehead atoms. The van der Waals surface area contributed by atoms with Crippen LogP contribution in [0.1, 0.15) is 41.1 Å². The molecule has 1 unspecified atom stereocenters. The summed E-state index contributed by atoms with van der Waals surface area (Å²) >= 11 is 0. The summed E-state index contributed by atoms with van der Waals surface area (Å²) in [5, 5.41) is 3.07. The fourth-order valence-corrected chi connectivity index (χ4v) is 3.51. The number of hydrogen-bond donors (Lipinski definition) is 1. The van der Waals surface area contributed by atoms with Crippen molar-refractivity contribution in [3.8, 4) is 0 Å². The number of rotatable bonds is 5. The molecule has 0 spiro atoms. The van der Waals surface area contributed by atoms with E-state index >= 15 is 0 Å². The minimum absolute atomic E-state index is 0.109. The lowest BCUT2D eigenvalue weighted by Crippen LogP contribution is -2.36. The van der Waals surface area contributed by atoms with E-state index in [4.69, 9.17) is 0 Å². The molecule has 1 atom stereocenters. The maximum Gasteiger partial charge on any atom is 0.234 e. The molecule has 2 aromatic rings. The zero-order valence-electron chi connectivity index (χ0n) is 14.6. The molecule has 1 aliphatic rings. The van der Waals surface area contributed by atoms with Crippen LogP contribution in [0.5, 0.6) is 0 Å². The molecule has 0 aromatic heterocycles. The molecule has 3 nitrogen and oxygen atoms in total. The lowest BCUT2D eigenvalue weighted by Gasteiger charge is -2.24. The Hall–Kier alpha value is -2.13. The summed E-state index contributed by atoms with van der Waals surface area (Å²) in [6.07, 6.45) is 2.29. The molecule has 0 aliphatic carbocycles. The minimum atomic E-state index is 0.109. The van der Waals surface area contributed by atoms with E-state index in [1.54, 1.807) is 0 Å². The zero-order chi connectivity index (χ0) is 16.9. The number of carbonyl (C=O) groups is 1. The van der Waals surface area contributed by atoms with Crippen LogP contribution in [0.2, 0.25) is 0 Å². The van der Waals surface area contributed by atoms with Gasteiger partial charge in [0.1, 0.15) is 0 Å². The van der Waals surface area contributed by atoms with Crippen molar-refractivity contribution in [3.05, 3.63) is 70.8 Å². The van der Waals surface area contributed by atoms with E-state index in [9.17, 15) is 4.79 Å². The Balaban J connectivity index is 1.58. The smallest absolute Gasteiger partial charge is 0.234 e. The minimum Gasteiger partial charge on any atom is -0.351 e. The Labute approximate surface area is 144 Å². The van der Waals surface area contributed by atoms with E-state index in [-0.39, 0.29) is 5.91 Å². The van der Waals surface area contributed by atoms with Gasteiger partial charge in [0.2, 0.25) is 5.91 Å². The molecular formula is C21H26N2O. The van der Waals surface area contributed by atoms with Crippen LogP contribution in [0.25, 0.3) is 0 Å². The third-order valence-electron chi connectivity index (χ3n) is 4.87. The third kappa shape index (κ3) is 4.04. The molecule has 0 saturated carbocycles. The number of benzene rings is 2. The number of nitrogens with zero attached hydrogens (tertiary/aromatic N) is 1. The van der Waals surface area contributed by atoms with Gasteiger partial charge in [0.05, 0.1) is 6.54 Å². The normalized spacial score (nSPS) is 17.8. The highest BCUT2D eigenvalue weighted by Gasteiger charge is 2.27. The standard InChI is InChI=1S/C21H26N2O/c1-16-7-5-10-18(13-16)20-11-6-12-23(20)15-21(24)22-14-19-9-4-3-8-17(19)2/h3-5,7-10,13,20H,6,11-12,14-15H2,1-2H3,(H,22,24). The third-order valence-corrected chi connectivity index (χ3v) is 4.87. The van der Waals surface area contributed by atoms with Crippen molar-refractivity contribution in [1.82, 2.24) is 10.2 Å². The predicted octanol–water partition coefficient (Wildman–Crippen LogP) is 3.76. The molecule has 24 heavy (non-hydrogen) atoms. The monoisotopic (exact) mass is 322 g/mol. The van der Waals surface area contributed by atoms with Crippen molar-refractivity contribution in [1.29, 1.82) is 0 Å². The van der Waals surface area contributed by atoms with Gasteiger partial charge < -0.3 is 5.32 Å². The van der Waals surface area contributed by atoms with Crippen molar-refractivity contribution in [3.63, 3.8) is 0 Å². The van der Waals surface area contributed by atoms with Gasteiger partial charge in [-0.2, -0.15) is 0 Å². The van der Waals surface area contributed by atoms with Gasteiger partial charge in [-0.15, -0.1) is 0 Å². The summed E-state index contributed by atoms with van der Waals surface area (Å²) in [7, 11) is 0.